The molecule has 7 heteroatoms. The number of aromatic hydroxyl groups is 1. The molecule has 1 aliphatic heterocycles. The van der Waals surface area contributed by atoms with E-state index >= 15 is 0 Å². The maximum Gasteiger partial charge on any atom is 0.263 e. The lowest BCUT2D eigenvalue weighted by Gasteiger charge is -2.35. The molecule has 0 bridgehead atoms. The number of nitrogens with zero attached hydrogens (tertiary/aromatic N) is 2. The Kier molecular flexibility index (Phi) is 7.17. The maximum atomic E-state index is 12.7. The van der Waals surface area contributed by atoms with Crippen molar-refractivity contribution in [3.8, 4) is 17.2 Å². The highest BCUT2D eigenvalue weighted by Gasteiger charge is 2.28. The third-order valence-corrected chi connectivity index (χ3v) is 5.15. The van der Waals surface area contributed by atoms with Crippen LogP contribution in [0.5, 0.6) is 17.2 Å². The van der Waals surface area contributed by atoms with Gasteiger partial charge in [0, 0.05) is 26.2 Å². The molecule has 3 rings (SSSR count). The number of carbonyl (C=O) groups is 2. The topological polar surface area (TPSA) is 79.3 Å². The second kappa shape index (κ2) is 10.0. The highest BCUT2D eigenvalue weighted by atomic mass is 16.5. The van der Waals surface area contributed by atoms with Gasteiger partial charge >= 0.3 is 0 Å². The van der Waals surface area contributed by atoms with Gasteiger partial charge in [0.25, 0.3) is 11.8 Å². The molecule has 1 atom stereocenters. The molecule has 0 saturated carbocycles. The van der Waals surface area contributed by atoms with E-state index in [0.29, 0.717) is 31.9 Å². The molecule has 160 valence electrons. The number of benzene rings is 2. The number of ether oxygens (including phenoxy) is 2. The van der Waals surface area contributed by atoms with Crippen LogP contribution in [0.25, 0.3) is 0 Å². The number of phenolic OH excluding ortho intramolecular Hbond substituents is 1. The van der Waals surface area contributed by atoms with Crippen LogP contribution in [0, 0.1) is 0 Å². The monoisotopic (exact) mass is 412 g/mol. The van der Waals surface area contributed by atoms with Crippen LogP contribution >= 0.6 is 0 Å². The minimum Gasteiger partial charge on any atom is -0.508 e. The van der Waals surface area contributed by atoms with Gasteiger partial charge < -0.3 is 24.4 Å². The lowest BCUT2D eigenvalue weighted by Crippen LogP contribution is -2.54. The van der Waals surface area contributed by atoms with Crippen LogP contribution in [0.2, 0.25) is 0 Å². The largest absolute Gasteiger partial charge is 0.508 e. The minimum atomic E-state index is -0.648. The molecule has 0 aromatic heterocycles. The summed E-state index contributed by atoms with van der Waals surface area (Å²) in [5.74, 6) is 1.20. The number of aryl methyl sites for hydroxylation is 1. The van der Waals surface area contributed by atoms with Crippen molar-refractivity contribution in [1.29, 1.82) is 0 Å². The fourth-order valence-corrected chi connectivity index (χ4v) is 3.38. The van der Waals surface area contributed by atoms with Gasteiger partial charge in [-0.05, 0) is 49.2 Å². The van der Waals surface area contributed by atoms with Crippen LogP contribution in [-0.2, 0) is 16.0 Å². The predicted molar refractivity (Wildman–Crippen MR) is 113 cm³/mol. The van der Waals surface area contributed by atoms with Crippen molar-refractivity contribution in [1.82, 2.24) is 9.80 Å². The molecule has 2 aromatic rings. The van der Waals surface area contributed by atoms with E-state index in [0.717, 1.165) is 17.7 Å². The molecule has 0 spiro atoms. The molecule has 1 heterocycles. The van der Waals surface area contributed by atoms with E-state index in [4.69, 9.17) is 9.47 Å². The minimum absolute atomic E-state index is 0.00861. The van der Waals surface area contributed by atoms with Crippen molar-refractivity contribution in [2.75, 3.05) is 32.8 Å². The molecule has 2 aromatic carbocycles. The Labute approximate surface area is 176 Å². The molecule has 30 heavy (non-hydrogen) atoms. The van der Waals surface area contributed by atoms with E-state index in [9.17, 15) is 14.7 Å². The first kappa shape index (κ1) is 21.5. The standard InChI is InChI=1S/C23H28N2O5/c1-3-18-6-4-5-7-21(18)29-16-22(27)24-12-14-25(15-13-24)23(28)17(2)30-20-10-8-19(26)9-11-20/h4-11,17,26H,3,12-16H2,1-2H3. The summed E-state index contributed by atoms with van der Waals surface area (Å²) in [4.78, 5) is 28.6. The molecule has 2 amide bonds. The zero-order valence-corrected chi connectivity index (χ0v) is 17.4. The summed E-state index contributed by atoms with van der Waals surface area (Å²) in [5, 5.41) is 9.33. The molecule has 1 N–H and O–H groups in total. The van der Waals surface area contributed by atoms with E-state index in [1.54, 1.807) is 28.9 Å². The fraction of sp³-hybridized carbons (Fsp3) is 0.391. The van der Waals surface area contributed by atoms with Gasteiger partial charge in [-0.25, -0.2) is 0 Å². The van der Waals surface area contributed by atoms with E-state index < -0.39 is 6.10 Å². The molecule has 1 saturated heterocycles. The Hall–Kier alpha value is -3.22. The Bertz CT molecular complexity index is 860. The Balaban J connectivity index is 1.45. The Morgan fingerprint density at radius 1 is 1.00 bits per heavy atom. The van der Waals surface area contributed by atoms with Gasteiger partial charge in [-0.1, -0.05) is 25.1 Å². The molecule has 1 unspecified atom stereocenters. The molecule has 0 radical (unpaired) electrons. The second-order valence-corrected chi connectivity index (χ2v) is 7.21. The van der Waals surface area contributed by atoms with Gasteiger partial charge in [0.1, 0.15) is 17.2 Å². The van der Waals surface area contributed by atoms with Crippen LogP contribution in [0.15, 0.2) is 48.5 Å². The van der Waals surface area contributed by atoms with E-state index in [1.807, 2.05) is 31.2 Å². The predicted octanol–water partition coefficient (Wildman–Crippen LogP) is 2.47. The van der Waals surface area contributed by atoms with Gasteiger partial charge in [-0.15, -0.1) is 0 Å². The summed E-state index contributed by atoms with van der Waals surface area (Å²) >= 11 is 0. The van der Waals surface area contributed by atoms with Gasteiger partial charge in [0.2, 0.25) is 0 Å². The molecular weight excluding hydrogens is 384 g/mol. The molecule has 7 nitrogen and oxygen atoms in total. The molecule has 1 aliphatic rings. The van der Waals surface area contributed by atoms with E-state index in [1.165, 1.54) is 12.1 Å². The second-order valence-electron chi connectivity index (χ2n) is 7.21. The zero-order valence-electron chi connectivity index (χ0n) is 17.4. The smallest absolute Gasteiger partial charge is 0.263 e. The van der Waals surface area contributed by atoms with Gasteiger partial charge in [-0.2, -0.15) is 0 Å². The zero-order chi connectivity index (χ0) is 21.5. The van der Waals surface area contributed by atoms with Gasteiger partial charge in [0.05, 0.1) is 0 Å². The number of rotatable bonds is 7. The summed E-state index contributed by atoms with van der Waals surface area (Å²) in [5.41, 5.74) is 1.07. The Morgan fingerprint density at radius 2 is 1.63 bits per heavy atom. The van der Waals surface area contributed by atoms with Crippen molar-refractivity contribution >= 4 is 11.8 Å². The van der Waals surface area contributed by atoms with Crippen LogP contribution < -0.4 is 9.47 Å². The third kappa shape index (κ3) is 5.43. The lowest BCUT2D eigenvalue weighted by molar-refractivity contribution is -0.144. The van der Waals surface area contributed by atoms with Gasteiger partial charge in [-0.3, -0.25) is 9.59 Å². The maximum absolute atomic E-state index is 12.7. The average Bonchev–Trinajstić information content (AvgIpc) is 2.78. The molecular formula is C23H28N2O5. The first-order valence-corrected chi connectivity index (χ1v) is 10.2. The fourth-order valence-electron chi connectivity index (χ4n) is 3.38. The number of phenols is 1. The van der Waals surface area contributed by atoms with Crippen molar-refractivity contribution in [2.24, 2.45) is 0 Å². The quantitative estimate of drug-likeness (QED) is 0.756. The summed E-state index contributed by atoms with van der Waals surface area (Å²) in [6, 6.07) is 14.0. The highest BCUT2D eigenvalue weighted by Crippen LogP contribution is 2.19. The number of hydrogen-bond acceptors (Lipinski definition) is 5. The van der Waals surface area contributed by atoms with Crippen molar-refractivity contribution in [3.05, 3.63) is 54.1 Å². The number of carbonyl (C=O) groups excluding carboxylic acids is 2. The summed E-state index contributed by atoms with van der Waals surface area (Å²) in [6.45, 7) is 5.59. The first-order valence-electron chi connectivity index (χ1n) is 10.2. The van der Waals surface area contributed by atoms with Crippen LogP contribution in [0.1, 0.15) is 19.4 Å². The SMILES string of the molecule is CCc1ccccc1OCC(=O)N1CCN(C(=O)C(C)Oc2ccc(O)cc2)CC1. The molecule has 1 fully saturated rings. The number of piperazine rings is 1. The van der Waals surface area contributed by atoms with Crippen molar-refractivity contribution < 1.29 is 24.2 Å². The van der Waals surface area contributed by atoms with Crippen LogP contribution in [-0.4, -0.2) is 65.6 Å². The highest BCUT2D eigenvalue weighted by molar-refractivity contribution is 5.82. The van der Waals surface area contributed by atoms with Crippen LogP contribution in [0.3, 0.4) is 0 Å². The van der Waals surface area contributed by atoms with Gasteiger partial charge in [0.15, 0.2) is 12.7 Å². The lowest BCUT2D eigenvalue weighted by atomic mass is 10.1. The summed E-state index contributed by atoms with van der Waals surface area (Å²) < 4.78 is 11.4. The average molecular weight is 412 g/mol. The number of hydrogen-bond donors (Lipinski definition) is 1. The van der Waals surface area contributed by atoms with Crippen molar-refractivity contribution in [2.45, 2.75) is 26.4 Å². The molecule has 0 aliphatic carbocycles. The first-order chi connectivity index (χ1) is 14.5. The number of amides is 2. The third-order valence-electron chi connectivity index (χ3n) is 5.15. The number of para-hydroxylation sites is 1. The summed E-state index contributed by atoms with van der Waals surface area (Å²) in [7, 11) is 0. The van der Waals surface area contributed by atoms with Crippen molar-refractivity contribution in [3.63, 3.8) is 0 Å². The van der Waals surface area contributed by atoms with E-state index in [-0.39, 0.29) is 24.2 Å². The normalized spacial score (nSPS) is 14.9. The Morgan fingerprint density at radius 3 is 2.30 bits per heavy atom. The summed E-state index contributed by atoms with van der Waals surface area (Å²) in [6.07, 6.45) is 0.195. The van der Waals surface area contributed by atoms with E-state index in [2.05, 4.69) is 0 Å². The van der Waals surface area contributed by atoms with Crippen LogP contribution in [0.4, 0.5) is 0 Å².